The maximum absolute atomic E-state index is 12.5. The minimum atomic E-state index is 0.0857. The number of Topliss-reactive ketones (excluding diaryl/α,β-unsaturated/α-hetero) is 1. The number of nitrogens with one attached hydrogen (secondary N) is 1. The zero-order chi connectivity index (χ0) is 14.8. The molecule has 21 heavy (non-hydrogen) atoms. The van der Waals surface area contributed by atoms with Gasteiger partial charge >= 0.3 is 0 Å². The first kappa shape index (κ1) is 13.9. The van der Waals surface area contributed by atoms with Crippen LogP contribution in [0.1, 0.15) is 10.4 Å². The highest BCUT2D eigenvalue weighted by molar-refractivity contribution is 9.10. The molecule has 106 valence electrons. The van der Waals surface area contributed by atoms with Gasteiger partial charge in [0, 0.05) is 39.9 Å². The molecule has 0 saturated carbocycles. The summed E-state index contributed by atoms with van der Waals surface area (Å²) < 4.78 is 2.94. The van der Waals surface area contributed by atoms with Crippen LogP contribution in [-0.2, 0) is 7.05 Å². The van der Waals surface area contributed by atoms with E-state index in [0.717, 1.165) is 26.6 Å². The fraction of sp³-hybridized carbons (Fsp3) is 0.118. The van der Waals surface area contributed by atoms with E-state index in [2.05, 4.69) is 21.2 Å². The number of carbonyl (C=O) groups excluding carboxylic acids is 1. The van der Waals surface area contributed by atoms with Crippen LogP contribution in [-0.4, -0.2) is 16.9 Å². The van der Waals surface area contributed by atoms with Crippen LogP contribution in [0.15, 0.2) is 59.2 Å². The van der Waals surface area contributed by atoms with Crippen molar-refractivity contribution in [3.63, 3.8) is 0 Å². The Kier molecular flexibility index (Phi) is 3.80. The van der Waals surface area contributed by atoms with Crippen LogP contribution < -0.4 is 5.32 Å². The van der Waals surface area contributed by atoms with Gasteiger partial charge in [-0.05, 0) is 34.1 Å². The number of carbonyl (C=O) groups is 1. The zero-order valence-corrected chi connectivity index (χ0v) is 13.2. The molecule has 0 unspecified atom stereocenters. The number of rotatable bonds is 4. The Morgan fingerprint density at radius 3 is 2.67 bits per heavy atom. The van der Waals surface area contributed by atoms with Gasteiger partial charge in [0.25, 0.3) is 0 Å². The largest absolute Gasteiger partial charge is 0.377 e. The lowest BCUT2D eigenvalue weighted by atomic mass is 10.1. The van der Waals surface area contributed by atoms with Gasteiger partial charge in [0.2, 0.25) is 0 Å². The van der Waals surface area contributed by atoms with Crippen molar-refractivity contribution in [2.75, 3.05) is 11.9 Å². The lowest BCUT2D eigenvalue weighted by Gasteiger charge is -2.07. The molecule has 0 aliphatic rings. The highest BCUT2D eigenvalue weighted by Gasteiger charge is 2.13. The first-order chi connectivity index (χ1) is 10.2. The highest BCUT2D eigenvalue weighted by Crippen LogP contribution is 2.23. The molecule has 1 N–H and O–H groups in total. The number of benzene rings is 2. The first-order valence-electron chi connectivity index (χ1n) is 6.72. The van der Waals surface area contributed by atoms with Gasteiger partial charge in [-0.15, -0.1) is 0 Å². The summed E-state index contributed by atoms with van der Waals surface area (Å²) in [5.74, 6) is 0.0857. The van der Waals surface area contributed by atoms with Crippen molar-refractivity contribution in [3.05, 3.63) is 64.8 Å². The minimum Gasteiger partial charge on any atom is -0.377 e. The summed E-state index contributed by atoms with van der Waals surface area (Å²) >= 11 is 3.47. The van der Waals surface area contributed by atoms with Crippen LogP contribution in [0, 0.1) is 0 Å². The van der Waals surface area contributed by atoms with Crippen LogP contribution in [0.4, 0.5) is 5.69 Å². The summed E-state index contributed by atoms with van der Waals surface area (Å²) in [5.41, 5.74) is 2.75. The second-order valence-corrected chi connectivity index (χ2v) is 5.78. The van der Waals surface area contributed by atoms with Crippen LogP contribution in [0.5, 0.6) is 0 Å². The molecule has 3 rings (SSSR count). The number of fused-ring (bicyclic) bond motifs is 1. The first-order valence-corrected chi connectivity index (χ1v) is 7.52. The normalized spacial score (nSPS) is 10.8. The Balaban J connectivity index is 1.83. The Labute approximate surface area is 131 Å². The molecular weight excluding hydrogens is 328 g/mol. The van der Waals surface area contributed by atoms with Gasteiger partial charge in [-0.3, -0.25) is 4.79 Å². The Morgan fingerprint density at radius 1 is 1.14 bits per heavy atom. The predicted octanol–water partition coefficient (Wildman–Crippen LogP) is 4.24. The molecule has 0 amide bonds. The highest BCUT2D eigenvalue weighted by atomic mass is 79.9. The van der Waals surface area contributed by atoms with E-state index in [1.807, 2.05) is 66.3 Å². The molecule has 0 radical (unpaired) electrons. The summed E-state index contributed by atoms with van der Waals surface area (Å²) in [4.78, 5) is 12.5. The van der Waals surface area contributed by atoms with E-state index in [1.165, 1.54) is 0 Å². The molecule has 0 fully saturated rings. The third-order valence-corrected chi connectivity index (χ3v) is 4.20. The number of ketones is 1. The van der Waals surface area contributed by atoms with Crippen molar-refractivity contribution < 1.29 is 4.79 Å². The van der Waals surface area contributed by atoms with Gasteiger partial charge < -0.3 is 9.88 Å². The smallest absolute Gasteiger partial charge is 0.184 e. The monoisotopic (exact) mass is 342 g/mol. The van der Waals surface area contributed by atoms with Crippen molar-refractivity contribution in [2.45, 2.75) is 0 Å². The van der Waals surface area contributed by atoms with Gasteiger partial charge in [-0.1, -0.05) is 30.3 Å². The molecule has 0 saturated heterocycles. The van der Waals surface area contributed by atoms with Gasteiger partial charge in [-0.2, -0.15) is 0 Å². The number of nitrogens with zero attached hydrogens (tertiary/aromatic N) is 1. The Bertz CT molecular complexity index is 807. The lowest BCUT2D eigenvalue weighted by Crippen LogP contribution is -2.14. The third kappa shape index (κ3) is 2.72. The molecule has 3 aromatic rings. The van der Waals surface area contributed by atoms with Gasteiger partial charge in [-0.25, -0.2) is 0 Å². The van der Waals surface area contributed by atoms with Crippen molar-refractivity contribution >= 4 is 38.3 Å². The Hall–Kier alpha value is -2.07. The van der Waals surface area contributed by atoms with E-state index in [-0.39, 0.29) is 12.3 Å². The van der Waals surface area contributed by atoms with E-state index in [1.54, 1.807) is 0 Å². The number of anilines is 1. The standard InChI is InChI=1S/C17H15BrN2O/c1-20-11-13(12-6-2-5-9-16(12)20)17(21)10-19-15-8-4-3-7-14(15)18/h2-9,11,19H,10H2,1H3. The average molecular weight is 343 g/mol. The minimum absolute atomic E-state index is 0.0857. The summed E-state index contributed by atoms with van der Waals surface area (Å²) in [6.45, 7) is 0.274. The van der Waals surface area contributed by atoms with Crippen molar-refractivity contribution in [1.29, 1.82) is 0 Å². The molecule has 3 nitrogen and oxygen atoms in total. The van der Waals surface area contributed by atoms with E-state index >= 15 is 0 Å². The topological polar surface area (TPSA) is 34.0 Å². The lowest BCUT2D eigenvalue weighted by molar-refractivity contribution is 0.101. The van der Waals surface area contributed by atoms with Crippen LogP contribution >= 0.6 is 15.9 Å². The molecule has 0 bridgehead atoms. The van der Waals surface area contributed by atoms with E-state index in [9.17, 15) is 4.79 Å². The number of aryl methyl sites for hydroxylation is 1. The van der Waals surface area contributed by atoms with Gasteiger partial charge in [0.1, 0.15) is 0 Å². The fourth-order valence-corrected chi connectivity index (χ4v) is 2.86. The Morgan fingerprint density at radius 2 is 1.86 bits per heavy atom. The molecule has 2 aromatic carbocycles. The zero-order valence-electron chi connectivity index (χ0n) is 11.6. The molecule has 0 atom stereocenters. The number of para-hydroxylation sites is 2. The molecular formula is C17H15BrN2O. The van der Waals surface area contributed by atoms with Crippen LogP contribution in [0.2, 0.25) is 0 Å². The summed E-state index contributed by atoms with van der Waals surface area (Å²) in [5, 5.41) is 4.18. The molecule has 4 heteroatoms. The third-order valence-electron chi connectivity index (χ3n) is 3.51. The molecule has 0 aliphatic carbocycles. The van der Waals surface area contributed by atoms with Gasteiger partial charge in [0.15, 0.2) is 5.78 Å². The van der Waals surface area contributed by atoms with Crippen molar-refractivity contribution in [2.24, 2.45) is 7.05 Å². The second-order valence-electron chi connectivity index (χ2n) is 4.93. The molecule has 0 spiro atoms. The van der Waals surface area contributed by atoms with Crippen LogP contribution in [0.3, 0.4) is 0 Å². The van der Waals surface area contributed by atoms with Crippen LogP contribution in [0.25, 0.3) is 10.9 Å². The average Bonchev–Trinajstić information content (AvgIpc) is 2.84. The van der Waals surface area contributed by atoms with Crippen molar-refractivity contribution in [1.82, 2.24) is 4.57 Å². The summed E-state index contributed by atoms with van der Waals surface area (Å²) in [7, 11) is 1.96. The maximum Gasteiger partial charge on any atom is 0.184 e. The summed E-state index contributed by atoms with van der Waals surface area (Å²) in [6, 6.07) is 15.7. The van der Waals surface area contributed by atoms with Crippen molar-refractivity contribution in [3.8, 4) is 0 Å². The molecule has 0 aliphatic heterocycles. The quantitative estimate of drug-likeness (QED) is 0.719. The number of hydrogen-bond acceptors (Lipinski definition) is 2. The van der Waals surface area contributed by atoms with E-state index in [0.29, 0.717) is 0 Å². The predicted molar refractivity (Wildman–Crippen MR) is 89.9 cm³/mol. The number of halogens is 1. The fourth-order valence-electron chi connectivity index (χ4n) is 2.44. The van der Waals surface area contributed by atoms with E-state index in [4.69, 9.17) is 0 Å². The second kappa shape index (κ2) is 5.74. The maximum atomic E-state index is 12.5. The number of hydrogen-bond donors (Lipinski definition) is 1. The number of aromatic nitrogens is 1. The van der Waals surface area contributed by atoms with Gasteiger partial charge in [0.05, 0.1) is 6.54 Å². The van der Waals surface area contributed by atoms with E-state index < -0.39 is 0 Å². The molecule has 1 heterocycles. The summed E-state index contributed by atoms with van der Waals surface area (Å²) in [6.07, 6.45) is 1.90. The molecule has 1 aromatic heterocycles. The SMILES string of the molecule is Cn1cc(C(=O)CNc2ccccc2Br)c2ccccc21.